The van der Waals surface area contributed by atoms with Crippen LogP contribution in [0.1, 0.15) is 35.8 Å². The molecule has 0 bridgehead atoms. The van der Waals surface area contributed by atoms with Crippen LogP contribution in [0.3, 0.4) is 0 Å². The van der Waals surface area contributed by atoms with E-state index in [0.717, 1.165) is 37.0 Å². The molecule has 1 N–H and O–H groups in total. The fourth-order valence-electron chi connectivity index (χ4n) is 3.75. The largest absolute Gasteiger partial charge is 0.355 e. The van der Waals surface area contributed by atoms with Crippen LogP contribution in [0.5, 0.6) is 0 Å². The van der Waals surface area contributed by atoms with Gasteiger partial charge >= 0.3 is 0 Å². The zero-order valence-electron chi connectivity index (χ0n) is 15.4. The van der Waals surface area contributed by atoms with E-state index >= 15 is 0 Å². The standard InChI is InChI=1S/C21H25N5/c1-15-24-20(17-7-4-9-22-13-17)11-21(25-15)26(2)14-18-6-3-5-16-12-23-10-8-19(16)18/h3,5-6,8,10-12,17,22H,4,7,9,13-14H2,1-2H3. The fraction of sp³-hybridized carbons (Fsp3) is 0.381. The van der Waals surface area contributed by atoms with Gasteiger partial charge in [0.25, 0.3) is 0 Å². The van der Waals surface area contributed by atoms with Crippen molar-refractivity contribution >= 4 is 16.6 Å². The third-order valence-corrected chi connectivity index (χ3v) is 5.13. The zero-order valence-corrected chi connectivity index (χ0v) is 15.4. The van der Waals surface area contributed by atoms with Gasteiger partial charge in [-0.1, -0.05) is 18.2 Å². The maximum atomic E-state index is 4.71. The number of hydrogen-bond donors (Lipinski definition) is 1. The van der Waals surface area contributed by atoms with Crippen LogP contribution in [0.15, 0.2) is 42.7 Å². The van der Waals surface area contributed by atoms with Crippen molar-refractivity contribution in [1.29, 1.82) is 0 Å². The number of pyridine rings is 1. The topological polar surface area (TPSA) is 53.9 Å². The summed E-state index contributed by atoms with van der Waals surface area (Å²) in [6.45, 7) is 4.92. The normalized spacial score (nSPS) is 17.4. The van der Waals surface area contributed by atoms with Crippen LogP contribution in [-0.4, -0.2) is 35.1 Å². The van der Waals surface area contributed by atoms with Gasteiger partial charge in [-0.15, -0.1) is 0 Å². The van der Waals surface area contributed by atoms with E-state index in [1.54, 1.807) is 0 Å². The Hall–Kier alpha value is -2.53. The highest BCUT2D eigenvalue weighted by Crippen LogP contribution is 2.26. The van der Waals surface area contributed by atoms with Gasteiger partial charge in [-0.05, 0) is 43.3 Å². The summed E-state index contributed by atoms with van der Waals surface area (Å²) in [5, 5.41) is 5.90. The number of anilines is 1. The molecule has 134 valence electrons. The molecule has 5 heteroatoms. The molecule has 2 aromatic heterocycles. The lowest BCUT2D eigenvalue weighted by Gasteiger charge is -2.25. The highest BCUT2D eigenvalue weighted by molar-refractivity contribution is 5.84. The number of nitrogens with zero attached hydrogens (tertiary/aromatic N) is 4. The Bertz CT molecular complexity index is 897. The van der Waals surface area contributed by atoms with E-state index in [-0.39, 0.29) is 0 Å². The molecule has 1 aliphatic rings. The molecule has 3 aromatic rings. The first kappa shape index (κ1) is 16.9. The second kappa shape index (κ2) is 7.38. The number of piperidine rings is 1. The molecule has 1 aliphatic heterocycles. The summed E-state index contributed by atoms with van der Waals surface area (Å²) < 4.78 is 0. The minimum Gasteiger partial charge on any atom is -0.355 e. The van der Waals surface area contributed by atoms with E-state index in [0.29, 0.717) is 5.92 Å². The monoisotopic (exact) mass is 347 g/mol. The minimum absolute atomic E-state index is 0.487. The van der Waals surface area contributed by atoms with Gasteiger partial charge < -0.3 is 10.2 Å². The Labute approximate surface area is 154 Å². The zero-order chi connectivity index (χ0) is 17.9. The number of nitrogens with one attached hydrogen (secondary N) is 1. The second-order valence-corrected chi connectivity index (χ2v) is 7.11. The van der Waals surface area contributed by atoms with E-state index in [1.807, 2.05) is 19.3 Å². The van der Waals surface area contributed by atoms with Crippen LogP contribution >= 0.6 is 0 Å². The molecular formula is C21H25N5. The summed E-state index contributed by atoms with van der Waals surface area (Å²) in [5.41, 5.74) is 2.44. The summed E-state index contributed by atoms with van der Waals surface area (Å²) in [7, 11) is 2.10. The number of benzene rings is 1. The van der Waals surface area contributed by atoms with Gasteiger partial charge in [-0.3, -0.25) is 4.98 Å². The third kappa shape index (κ3) is 3.53. The summed E-state index contributed by atoms with van der Waals surface area (Å²) >= 11 is 0. The molecule has 3 heterocycles. The molecule has 1 saturated heterocycles. The van der Waals surface area contributed by atoms with Crippen LogP contribution in [0, 0.1) is 6.92 Å². The molecule has 1 aromatic carbocycles. The van der Waals surface area contributed by atoms with Gasteiger partial charge in [0.1, 0.15) is 11.6 Å². The van der Waals surface area contributed by atoms with Gasteiger partial charge in [-0.2, -0.15) is 0 Å². The average molecular weight is 347 g/mol. The van der Waals surface area contributed by atoms with Crippen molar-refractivity contribution in [2.75, 3.05) is 25.0 Å². The molecule has 1 unspecified atom stereocenters. The number of fused-ring (bicyclic) bond motifs is 1. The number of aryl methyl sites for hydroxylation is 1. The van der Waals surface area contributed by atoms with Crippen LogP contribution in [0.2, 0.25) is 0 Å². The molecule has 0 radical (unpaired) electrons. The predicted octanol–water partition coefficient (Wildman–Crippen LogP) is 3.44. The molecule has 1 fully saturated rings. The number of aromatic nitrogens is 3. The smallest absolute Gasteiger partial charge is 0.132 e. The number of rotatable bonds is 4. The summed E-state index contributed by atoms with van der Waals surface area (Å²) in [4.78, 5) is 15.8. The quantitative estimate of drug-likeness (QED) is 0.783. The van der Waals surface area contributed by atoms with Crippen LogP contribution in [0.25, 0.3) is 10.8 Å². The van der Waals surface area contributed by atoms with Crippen LogP contribution in [0.4, 0.5) is 5.82 Å². The summed E-state index contributed by atoms with van der Waals surface area (Å²) in [6, 6.07) is 10.6. The van der Waals surface area contributed by atoms with Crippen LogP contribution < -0.4 is 10.2 Å². The van der Waals surface area contributed by atoms with Gasteiger partial charge in [0.2, 0.25) is 0 Å². The number of hydrogen-bond acceptors (Lipinski definition) is 5. The Morgan fingerprint density at radius 2 is 2.15 bits per heavy atom. The average Bonchev–Trinajstić information content (AvgIpc) is 2.68. The molecule has 1 atom stereocenters. The highest BCUT2D eigenvalue weighted by atomic mass is 15.2. The van der Waals surface area contributed by atoms with Crippen molar-refractivity contribution in [2.45, 2.75) is 32.2 Å². The van der Waals surface area contributed by atoms with Crippen molar-refractivity contribution in [3.63, 3.8) is 0 Å². The lowest BCUT2D eigenvalue weighted by atomic mass is 9.96. The molecule has 26 heavy (non-hydrogen) atoms. The van der Waals surface area contributed by atoms with E-state index in [1.165, 1.54) is 29.2 Å². The van der Waals surface area contributed by atoms with Gasteiger partial charge in [0.05, 0.1) is 5.69 Å². The molecule has 0 spiro atoms. The van der Waals surface area contributed by atoms with E-state index in [2.05, 4.69) is 57.6 Å². The van der Waals surface area contributed by atoms with Gasteiger partial charge in [0, 0.05) is 49.9 Å². The molecule has 0 saturated carbocycles. The summed E-state index contributed by atoms with van der Waals surface area (Å²) in [6.07, 6.45) is 6.18. The Morgan fingerprint density at radius 3 is 3.00 bits per heavy atom. The highest BCUT2D eigenvalue weighted by Gasteiger charge is 2.18. The van der Waals surface area contributed by atoms with Crippen molar-refractivity contribution in [1.82, 2.24) is 20.3 Å². The first-order valence-corrected chi connectivity index (χ1v) is 9.30. The first-order chi connectivity index (χ1) is 12.7. The van der Waals surface area contributed by atoms with Crippen molar-refractivity contribution in [2.24, 2.45) is 0 Å². The van der Waals surface area contributed by atoms with E-state index in [4.69, 9.17) is 4.98 Å². The van der Waals surface area contributed by atoms with Gasteiger partial charge in [-0.25, -0.2) is 9.97 Å². The maximum absolute atomic E-state index is 4.71. The molecule has 4 rings (SSSR count). The second-order valence-electron chi connectivity index (χ2n) is 7.11. The molecule has 0 amide bonds. The fourth-order valence-corrected chi connectivity index (χ4v) is 3.75. The van der Waals surface area contributed by atoms with Crippen molar-refractivity contribution in [3.8, 4) is 0 Å². The summed E-state index contributed by atoms with van der Waals surface area (Å²) in [5.74, 6) is 2.32. The molecular weight excluding hydrogens is 322 g/mol. The lowest BCUT2D eigenvalue weighted by molar-refractivity contribution is 0.453. The lowest BCUT2D eigenvalue weighted by Crippen LogP contribution is -2.29. The first-order valence-electron chi connectivity index (χ1n) is 9.30. The third-order valence-electron chi connectivity index (χ3n) is 5.13. The van der Waals surface area contributed by atoms with Crippen molar-refractivity contribution < 1.29 is 0 Å². The van der Waals surface area contributed by atoms with E-state index in [9.17, 15) is 0 Å². The molecule has 5 nitrogen and oxygen atoms in total. The van der Waals surface area contributed by atoms with E-state index < -0.39 is 0 Å². The predicted molar refractivity (Wildman–Crippen MR) is 105 cm³/mol. The van der Waals surface area contributed by atoms with Crippen LogP contribution in [-0.2, 0) is 6.54 Å². The Balaban J connectivity index is 1.61. The molecule has 0 aliphatic carbocycles. The Morgan fingerprint density at radius 1 is 1.23 bits per heavy atom. The van der Waals surface area contributed by atoms with Crippen molar-refractivity contribution in [3.05, 3.63) is 59.8 Å². The van der Waals surface area contributed by atoms with Gasteiger partial charge in [0.15, 0.2) is 0 Å². The Kier molecular flexibility index (Phi) is 4.80. The maximum Gasteiger partial charge on any atom is 0.132 e. The minimum atomic E-state index is 0.487. The SMILES string of the molecule is Cc1nc(C2CCCNC2)cc(N(C)Cc2cccc3cnccc23)n1.